The van der Waals surface area contributed by atoms with Crippen molar-refractivity contribution in [2.45, 2.75) is 72.0 Å². The molecule has 21 heavy (non-hydrogen) atoms. The van der Waals surface area contributed by atoms with Crippen LogP contribution >= 0.6 is 11.3 Å². The number of hydrogen-bond donors (Lipinski definition) is 1. The van der Waals surface area contributed by atoms with Gasteiger partial charge in [-0.15, -0.1) is 11.3 Å². The van der Waals surface area contributed by atoms with Crippen molar-refractivity contribution in [1.29, 1.82) is 0 Å². The summed E-state index contributed by atoms with van der Waals surface area (Å²) in [6.07, 6.45) is 6.91. The smallest absolute Gasteiger partial charge is 0.0330 e. The maximum absolute atomic E-state index is 3.54. The average molecular weight is 309 g/mol. The molecule has 0 amide bonds. The number of likely N-dealkylation sites (tertiary alicyclic amines) is 1. The van der Waals surface area contributed by atoms with E-state index in [1.165, 1.54) is 48.4 Å². The molecule has 1 aliphatic heterocycles. The largest absolute Gasteiger partial charge is 0.312 e. The van der Waals surface area contributed by atoms with Gasteiger partial charge in [0, 0.05) is 28.9 Å². The minimum atomic E-state index is 0.729. The molecular formula is C18H32N2S. The zero-order valence-electron chi connectivity index (χ0n) is 14.0. The number of nitrogens with one attached hydrogen (secondary N) is 1. The van der Waals surface area contributed by atoms with Crippen LogP contribution in [0.1, 0.15) is 62.6 Å². The van der Waals surface area contributed by atoms with Gasteiger partial charge in [-0.05, 0) is 50.4 Å². The Morgan fingerprint density at radius 1 is 1.24 bits per heavy atom. The average Bonchev–Trinajstić information content (AvgIpc) is 2.77. The van der Waals surface area contributed by atoms with Crippen molar-refractivity contribution in [2.75, 3.05) is 13.1 Å². The van der Waals surface area contributed by atoms with Crippen LogP contribution in [-0.4, -0.2) is 24.0 Å². The van der Waals surface area contributed by atoms with E-state index < -0.39 is 0 Å². The Morgan fingerprint density at radius 3 is 2.81 bits per heavy atom. The normalized spacial score (nSPS) is 20.9. The van der Waals surface area contributed by atoms with Crippen molar-refractivity contribution < 1.29 is 0 Å². The quantitative estimate of drug-likeness (QED) is 0.789. The van der Waals surface area contributed by atoms with E-state index in [2.05, 4.69) is 43.1 Å². The molecule has 1 aromatic rings. The highest BCUT2D eigenvalue weighted by molar-refractivity contribution is 7.11. The molecule has 1 atom stereocenters. The monoisotopic (exact) mass is 308 g/mol. The summed E-state index contributed by atoms with van der Waals surface area (Å²) in [5, 5.41) is 3.54. The van der Waals surface area contributed by atoms with E-state index in [0.29, 0.717) is 0 Å². The molecule has 2 rings (SSSR count). The van der Waals surface area contributed by atoms with Crippen LogP contribution in [0.5, 0.6) is 0 Å². The predicted molar refractivity (Wildman–Crippen MR) is 93.8 cm³/mol. The first kappa shape index (κ1) is 17.0. The van der Waals surface area contributed by atoms with Gasteiger partial charge in [0.2, 0.25) is 0 Å². The van der Waals surface area contributed by atoms with Gasteiger partial charge >= 0.3 is 0 Å². The molecule has 3 heteroatoms. The standard InChI is InChI=1S/C18H32N2S/c1-4-16-8-6-5-7-11-20(16)14-18-10-9-17(21-18)13-19-12-15(2)3/h9-10,15-16,19H,4-8,11-14H2,1-3H3. The fourth-order valence-corrected chi connectivity index (χ4v) is 4.21. The maximum atomic E-state index is 3.54. The Balaban J connectivity index is 1.85. The minimum absolute atomic E-state index is 0.729. The molecule has 1 unspecified atom stereocenters. The molecule has 2 nitrogen and oxygen atoms in total. The lowest BCUT2D eigenvalue weighted by Crippen LogP contribution is -2.33. The molecule has 0 bridgehead atoms. The van der Waals surface area contributed by atoms with Crippen LogP contribution in [0.15, 0.2) is 12.1 Å². The Morgan fingerprint density at radius 2 is 2.05 bits per heavy atom. The molecule has 0 radical (unpaired) electrons. The van der Waals surface area contributed by atoms with Crippen LogP contribution < -0.4 is 5.32 Å². The molecule has 0 spiro atoms. The molecule has 1 N–H and O–H groups in total. The van der Waals surface area contributed by atoms with Crippen molar-refractivity contribution in [3.8, 4) is 0 Å². The van der Waals surface area contributed by atoms with Gasteiger partial charge in [-0.1, -0.05) is 33.6 Å². The van der Waals surface area contributed by atoms with Crippen molar-refractivity contribution >= 4 is 11.3 Å². The molecule has 2 heterocycles. The van der Waals surface area contributed by atoms with E-state index in [-0.39, 0.29) is 0 Å². The molecule has 1 saturated heterocycles. The molecule has 0 aromatic carbocycles. The van der Waals surface area contributed by atoms with E-state index in [0.717, 1.165) is 31.6 Å². The summed E-state index contributed by atoms with van der Waals surface area (Å²) in [5.41, 5.74) is 0. The first-order valence-electron chi connectivity index (χ1n) is 8.71. The summed E-state index contributed by atoms with van der Waals surface area (Å²) in [4.78, 5) is 5.75. The van der Waals surface area contributed by atoms with E-state index >= 15 is 0 Å². The second-order valence-electron chi connectivity index (χ2n) is 6.77. The Labute approximate surface area is 134 Å². The van der Waals surface area contributed by atoms with Gasteiger partial charge in [-0.25, -0.2) is 0 Å². The Bertz CT molecular complexity index is 400. The fourth-order valence-electron chi connectivity index (χ4n) is 3.19. The fraction of sp³-hybridized carbons (Fsp3) is 0.778. The third-order valence-corrected chi connectivity index (χ3v) is 5.47. The van der Waals surface area contributed by atoms with E-state index in [1.54, 1.807) is 0 Å². The highest BCUT2D eigenvalue weighted by Gasteiger charge is 2.19. The summed E-state index contributed by atoms with van der Waals surface area (Å²) in [6, 6.07) is 5.46. The van der Waals surface area contributed by atoms with Crippen LogP contribution in [0.2, 0.25) is 0 Å². The lowest BCUT2D eigenvalue weighted by Gasteiger charge is -2.28. The minimum Gasteiger partial charge on any atom is -0.312 e. The van der Waals surface area contributed by atoms with Gasteiger partial charge in [0.25, 0.3) is 0 Å². The number of thiophene rings is 1. The van der Waals surface area contributed by atoms with Crippen LogP contribution in [0.25, 0.3) is 0 Å². The van der Waals surface area contributed by atoms with Crippen LogP contribution in [0.3, 0.4) is 0 Å². The molecule has 0 aliphatic carbocycles. The SMILES string of the molecule is CCC1CCCCCN1Cc1ccc(CNCC(C)C)s1. The van der Waals surface area contributed by atoms with Crippen LogP contribution in [-0.2, 0) is 13.1 Å². The van der Waals surface area contributed by atoms with Gasteiger partial charge in [0.05, 0.1) is 0 Å². The van der Waals surface area contributed by atoms with Gasteiger partial charge in [0.15, 0.2) is 0 Å². The molecule has 0 saturated carbocycles. The van der Waals surface area contributed by atoms with Gasteiger partial charge in [0.1, 0.15) is 0 Å². The lowest BCUT2D eigenvalue weighted by atomic mass is 10.1. The molecule has 120 valence electrons. The van der Waals surface area contributed by atoms with E-state index in [9.17, 15) is 0 Å². The number of hydrogen-bond acceptors (Lipinski definition) is 3. The van der Waals surface area contributed by atoms with Gasteiger partial charge in [-0.3, -0.25) is 4.90 Å². The summed E-state index contributed by atoms with van der Waals surface area (Å²) >= 11 is 1.99. The van der Waals surface area contributed by atoms with Crippen LogP contribution in [0.4, 0.5) is 0 Å². The van der Waals surface area contributed by atoms with Gasteiger partial charge < -0.3 is 5.32 Å². The third kappa shape index (κ3) is 5.72. The highest BCUT2D eigenvalue weighted by Crippen LogP contribution is 2.24. The number of rotatable bonds is 7. The summed E-state index contributed by atoms with van der Waals surface area (Å²) in [6.45, 7) is 11.5. The zero-order valence-corrected chi connectivity index (χ0v) is 14.8. The second-order valence-corrected chi connectivity index (χ2v) is 8.03. The molecule has 1 aliphatic rings. The van der Waals surface area contributed by atoms with E-state index in [1.807, 2.05) is 11.3 Å². The number of nitrogens with zero attached hydrogens (tertiary/aromatic N) is 1. The topological polar surface area (TPSA) is 15.3 Å². The first-order chi connectivity index (χ1) is 10.2. The van der Waals surface area contributed by atoms with E-state index in [4.69, 9.17) is 0 Å². The highest BCUT2D eigenvalue weighted by atomic mass is 32.1. The second kappa shape index (κ2) is 8.92. The van der Waals surface area contributed by atoms with Crippen molar-refractivity contribution in [2.24, 2.45) is 5.92 Å². The summed E-state index contributed by atoms with van der Waals surface area (Å²) < 4.78 is 0. The van der Waals surface area contributed by atoms with Crippen molar-refractivity contribution in [1.82, 2.24) is 10.2 Å². The van der Waals surface area contributed by atoms with Gasteiger partial charge in [-0.2, -0.15) is 0 Å². The van der Waals surface area contributed by atoms with Crippen molar-refractivity contribution in [3.63, 3.8) is 0 Å². The molecule has 1 aromatic heterocycles. The third-order valence-electron chi connectivity index (χ3n) is 4.40. The predicted octanol–water partition coefficient (Wildman–Crippen LogP) is 4.65. The lowest BCUT2D eigenvalue weighted by molar-refractivity contribution is 0.188. The Hall–Kier alpha value is -0.380. The maximum Gasteiger partial charge on any atom is 0.0330 e. The Kier molecular flexibility index (Phi) is 7.21. The summed E-state index contributed by atoms with van der Waals surface area (Å²) in [5.74, 6) is 0.729. The zero-order chi connectivity index (χ0) is 15.1. The molecular weight excluding hydrogens is 276 g/mol. The summed E-state index contributed by atoms with van der Waals surface area (Å²) in [7, 11) is 0. The van der Waals surface area contributed by atoms with Crippen LogP contribution in [0, 0.1) is 5.92 Å². The molecule has 1 fully saturated rings. The van der Waals surface area contributed by atoms with Crippen molar-refractivity contribution in [3.05, 3.63) is 21.9 Å². The first-order valence-corrected chi connectivity index (χ1v) is 9.53.